The first-order valence-corrected chi connectivity index (χ1v) is 4.44. The average Bonchev–Trinajstić information content (AvgIpc) is 2.12. The molecule has 8 heteroatoms. The van der Waals surface area contributed by atoms with Gasteiger partial charge in [0.25, 0.3) is 0 Å². The Morgan fingerprint density at radius 3 is 2.62 bits per heavy atom. The maximum Gasteiger partial charge on any atom is 0.416 e. The van der Waals surface area contributed by atoms with Gasteiger partial charge in [0.15, 0.2) is 0 Å². The van der Waals surface area contributed by atoms with E-state index in [0.717, 1.165) is 6.07 Å². The molecule has 0 atom stereocenters. The lowest BCUT2D eigenvalue weighted by molar-refractivity contribution is -0.137. The molecular formula is C8H7ClF3N3O. The van der Waals surface area contributed by atoms with E-state index in [1.54, 1.807) is 0 Å². The third-order valence-electron chi connectivity index (χ3n) is 1.57. The topological polar surface area (TPSA) is 68.0 Å². The average molecular weight is 254 g/mol. The third-order valence-corrected chi connectivity index (χ3v) is 1.76. The number of nitrogens with one attached hydrogen (secondary N) is 1. The lowest BCUT2D eigenvalue weighted by Crippen LogP contribution is -2.22. The van der Waals surface area contributed by atoms with Crippen molar-refractivity contribution in [3.05, 3.63) is 22.8 Å². The second kappa shape index (κ2) is 4.56. The predicted octanol–water partition coefficient (Wildman–Crippen LogP) is 1.65. The third kappa shape index (κ3) is 3.58. The van der Waals surface area contributed by atoms with Crippen LogP contribution in [0, 0.1) is 0 Å². The summed E-state index contributed by atoms with van der Waals surface area (Å²) in [5, 5.41) is 2.01. The molecule has 88 valence electrons. The Bertz CT molecular complexity index is 408. The summed E-state index contributed by atoms with van der Waals surface area (Å²) in [6.07, 6.45) is -4.52. The van der Waals surface area contributed by atoms with Gasteiger partial charge in [-0.05, 0) is 12.1 Å². The van der Waals surface area contributed by atoms with Crippen LogP contribution >= 0.6 is 11.6 Å². The second-order valence-electron chi connectivity index (χ2n) is 2.88. The van der Waals surface area contributed by atoms with Crippen LogP contribution in [0.2, 0.25) is 5.15 Å². The molecular weight excluding hydrogens is 247 g/mol. The minimum atomic E-state index is -4.52. The second-order valence-corrected chi connectivity index (χ2v) is 3.27. The lowest BCUT2D eigenvalue weighted by atomic mass is 10.2. The fraction of sp³-hybridized carbons (Fsp3) is 0.250. The van der Waals surface area contributed by atoms with Gasteiger partial charge in [0.2, 0.25) is 5.91 Å². The highest BCUT2D eigenvalue weighted by Gasteiger charge is 2.31. The van der Waals surface area contributed by atoms with Crippen LogP contribution in [0.15, 0.2) is 12.1 Å². The number of hydrogen-bond donors (Lipinski definition) is 2. The largest absolute Gasteiger partial charge is 0.416 e. The number of rotatable bonds is 3. The molecule has 0 radical (unpaired) electrons. The molecule has 1 rings (SSSR count). The Balaban J connectivity index is 2.94. The van der Waals surface area contributed by atoms with Gasteiger partial charge in [-0.3, -0.25) is 4.79 Å². The van der Waals surface area contributed by atoms with Gasteiger partial charge in [0.05, 0.1) is 12.1 Å². The van der Waals surface area contributed by atoms with E-state index < -0.39 is 17.6 Å². The van der Waals surface area contributed by atoms with Gasteiger partial charge >= 0.3 is 6.18 Å². The zero-order chi connectivity index (χ0) is 12.3. The van der Waals surface area contributed by atoms with Crippen molar-refractivity contribution in [3.8, 4) is 0 Å². The summed E-state index contributed by atoms with van der Waals surface area (Å²) in [7, 11) is 0. The molecule has 0 fully saturated rings. The number of carbonyl (C=O) groups excluding carboxylic acids is 1. The van der Waals surface area contributed by atoms with E-state index in [4.69, 9.17) is 17.3 Å². The van der Waals surface area contributed by atoms with E-state index in [1.165, 1.54) is 0 Å². The number of amides is 1. The maximum absolute atomic E-state index is 12.3. The molecule has 1 heterocycles. The quantitative estimate of drug-likeness (QED) is 0.805. The summed E-state index contributed by atoms with van der Waals surface area (Å²) in [6, 6.07) is 1.44. The number of carbonyl (C=O) groups is 1. The van der Waals surface area contributed by atoms with Crippen molar-refractivity contribution in [2.75, 3.05) is 11.9 Å². The summed E-state index contributed by atoms with van der Waals surface area (Å²) < 4.78 is 37.0. The molecule has 1 amide bonds. The summed E-state index contributed by atoms with van der Waals surface area (Å²) in [4.78, 5) is 14.0. The van der Waals surface area contributed by atoms with E-state index in [2.05, 4.69) is 10.3 Å². The fourth-order valence-electron chi connectivity index (χ4n) is 0.929. The molecule has 0 bridgehead atoms. The van der Waals surface area contributed by atoms with Crippen molar-refractivity contribution < 1.29 is 18.0 Å². The van der Waals surface area contributed by atoms with Gasteiger partial charge in [-0.15, -0.1) is 0 Å². The number of nitrogens with two attached hydrogens (primary N) is 1. The molecule has 1 aromatic heterocycles. The van der Waals surface area contributed by atoms with Crippen molar-refractivity contribution in [3.63, 3.8) is 0 Å². The van der Waals surface area contributed by atoms with Gasteiger partial charge in [-0.1, -0.05) is 11.6 Å². The van der Waals surface area contributed by atoms with Crippen LogP contribution < -0.4 is 11.1 Å². The number of halogens is 4. The first-order valence-electron chi connectivity index (χ1n) is 4.06. The highest BCUT2D eigenvalue weighted by atomic mass is 35.5. The molecule has 1 aromatic rings. The van der Waals surface area contributed by atoms with Gasteiger partial charge in [0.1, 0.15) is 11.0 Å². The Hall–Kier alpha value is -1.50. The summed E-state index contributed by atoms with van der Waals surface area (Å²) >= 11 is 5.40. The van der Waals surface area contributed by atoms with Crippen LogP contribution in [-0.4, -0.2) is 17.4 Å². The molecule has 0 aliphatic carbocycles. The molecule has 0 aromatic carbocycles. The highest BCUT2D eigenvalue weighted by Crippen LogP contribution is 2.31. The molecule has 0 aliphatic rings. The molecule has 0 unspecified atom stereocenters. The van der Waals surface area contributed by atoms with Gasteiger partial charge in [0, 0.05) is 0 Å². The van der Waals surface area contributed by atoms with Crippen molar-refractivity contribution in [1.29, 1.82) is 0 Å². The number of nitrogens with zero attached hydrogens (tertiary/aromatic N) is 1. The maximum atomic E-state index is 12.3. The minimum Gasteiger partial charge on any atom is -0.368 e. The molecule has 0 saturated carbocycles. The van der Waals surface area contributed by atoms with Crippen LogP contribution in [0.1, 0.15) is 5.56 Å². The Morgan fingerprint density at radius 2 is 2.12 bits per heavy atom. The van der Waals surface area contributed by atoms with E-state index in [0.29, 0.717) is 6.07 Å². The smallest absolute Gasteiger partial charge is 0.368 e. The van der Waals surface area contributed by atoms with E-state index in [1.807, 2.05) is 0 Å². The number of aromatic nitrogens is 1. The Morgan fingerprint density at radius 1 is 1.50 bits per heavy atom. The minimum absolute atomic E-state index is 0.154. The van der Waals surface area contributed by atoms with Crippen molar-refractivity contribution >= 4 is 23.3 Å². The van der Waals surface area contributed by atoms with Crippen molar-refractivity contribution in [2.24, 2.45) is 5.73 Å². The zero-order valence-corrected chi connectivity index (χ0v) is 8.56. The normalized spacial score (nSPS) is 11.2. The summed E-state index contributed by atoms with van der Waals surface area (Å²) in [5.41, 5.74) is 3.87. The van der Waals surface area contributed by atoms with Crippen molar-refractivity contribution in [2.45, 2.75) is 6.18 Å². The van der Waals surface area contributed by atoms with Gasteiger partial charge < -0.3 is 11.1 Å². The standard InChI is InChI=1S/C8H7ClF3N3O/c9-5-1-4(8(10,11)12)2-7(15-5)14-3-6(13)16/h1-2H,3H2,(H2,13,16)(H,14,15). The van der Waals surface area contributed by atoms with E-state index in [-0.39, 0.29) is 17.5 Å². The SMILES string of the molecule is NC(=O)CNc1cc(C(F)(F)F)cc(Cl)n1. The summed E-state index contributed by atoms with van der Waals surface area (Å²) in [5.74, 6) is -0.867. The lowest BCUT2D eigenvalue weighted by Gasteiger charge is -2.09. The molecule has 0 spiro atoms. The fourth-order valence-corrected chi connectivity index (χ4v) is 1.14. The van der Waals surface area contributed by atoms with E-state index in [9.17, 15) is 18.0 Å². The molecule has 4 nitrogen and oxygen atoms in total. The number of hydrogen-bond acceptors (Lipinski definition) is 3. The van der Waals surface area contributed by atoms with E-state index >= 15 is 0 Å². The first-order chi connectivity index (χ1) is 7.29. The molecule has 0 saturated heterocycles. The number of anilines is 1. The van der Waals surface area contributed by atoms with Crippen LogP contribution in [0.4, 0.5) is 19.0 Å². The molecule has 16 heavy (non-hydrogen) atoms. The van der Waals surface area contributed by atoms with Crippen LogP contribution in [0.5, 0.6) is 0 Å². The van der Waals surface area contributed by atoms with Crippen LogP contribution in [0.25, 0.3) is 0 Å². The number of primary amides is 1. The summed E-state index contributed by atoms with van der Waals surface area (Å²) in [6.45, 7) is -0.315. The molecule has 0 aliphatic heterocycles. The predicted molar refractivity (Wildman–Crippen MR) is 51.9 cm³/mol. The monoisotopic (exact) mass is 253 g/mol. The van der Waals surface area contributed by atoms with Crippen LogP contribution in [0.3, 0.4) is 0 Å². The Kier molecular flexibility index (Phi) is 3.58. The van der Waals surface area contributed by atoms with Gasteiger partial charge in [-0.25, -0.2) is 4.98 Å². The van der Waals surface area contributed by atoms with Crippen molar-refractivity contribution in [1.82, 2.24) is 4.98 Å². The van der Waals surface area contributed by atoms with Crippen LogP contribution in [-0.2, 0) is 11.0 Å². The highest BCUT2D eigenvalue weighted by molar-refractivity contribution is 6.29. The number of pyridine rings is 1. The Labute approximate surface area is 93.6 Å². The van der Waals surface area contributed by atoms with Gasteiger partial charge in [-0.2, -0.15) is 13.2 Å². The zero-order valence-electron chi connectivity index (χ0n) is 7.81. The first kappa shape index (κ1) is 12.6. The number of alkyl halides is 3. The molecule has 3 N–H and O–H groups in total.